The van der Waals surface area contributed by atoms with Gasteiger partial charge in [0.2, 0.25) is 20.7 Å². The standard InChI is InChI=1S/C19H16F7N3O3S/c20-17(33(31,32)13-3-1-2-11(10-13)18(21,22)23)7-4-12(5-8-17)28-15(30)14-6-9-27-16(29-14)19(24,25)26/h1-3,6,9-10,12H,4-5,7-8H2,(H,28,30). The molecular weight excluding hydrogens is 483 g/mol. The van der Waals surface area contributed by atoms with E-state index < -0.39 is 74.0 Å². The maximum atomic E-state index is 15.4. The topological polar surface area (TPSA) is 89.0 Å². The van der Waals surface area contributed by atoms with Crippen LogP contribution >= 0.6 is 0 Å². The minimum Gasteiger partial charge on any atom is -0.348 e. The van der Waals surface area contributed by atoms with Crippen LogP contribution in [0.5, 0.6) is 0 Å². The molecule has 0 bridgehead atoms. The minimum atomic E-state index is -4.87. The van der Waals surface area contributed by atoms with Gasteiger partial charge >= 0.3 is 12.4 Å². The summed E-state index contributed by atoms with van der Waals surface area (Å²) in [7, 11) is -4.80. The smallest absolute Gasteiger partial charge is 0.348 e. The quantitative estimate of drug-likeness (QED) is 0.633. The molecule has 0 spiro atoms. The minimum absolute atomic E-state index is 0.211. The number of sulfone groups is 1. The average Bonchev–Trinajstić information content (AvgIpc) is 2.74. The fourth-order valence-corrected chi connectivity index (χ4v) is 5.13. The third-order valence-corrected chi connectivity index (χ3v) is 7.41. The molecule has 1 aromatic heterocycles. The zero-order chi connectivity index (χ0) is 24.7. The number of hydrogen-bond acceptors (Lipinski definition) is 5. The van der Waals surface area contributed by atoms with E-state index in [-0.39, 0.29) is 12.8 Å². The fraction of sp³-hybridized carbons (Fsp3) is 0.421. The summed E-state index contributed by atoms with van der Waals surface area (Å²) in [6.07, 6.45) is -10.6. The number of carbonyl (C=O) groups is 1. The van der Waals surface area contributed by atoms with Gasteiger partial charge in [0.05, 0.1) is 10.5 Å². The number of benzene rings is 1. The number of rotatable bonds is 4. The lowest BCUT2D eigenvalue weighted by molar-refractivity contribution is -0.145. The summed E-state index contributed by atoms with van der Waals surface area (Å²) in [4.78, 5) is 17.6. The lowest BCUT2D eigenvalue weighted by Gasteiger charge is -2.33. The number of nitrogens with one attached hydrogen (secondary N) is 1. The van der Waals surface area contributed by atoms with Crippen molar-refractivity contribution in [2.45, 2.75) is 54.0 Å². The lowest BCUT2D eigenvalue weighted by atomic mass is 9.93. The number of carbonyl (C=O) groups excluding carboxylic acids is 1. The van der Waals surface area contributed by atoms with Gasteiger partial charge < -0.3 is 5.32 Å². The second-order valence-electron chi connectivity index (χ2n) is 7.42. The Hall–Kier alpha value is -2.77. The molecule has 14 heteroatoms. The Balaban J connectivity index is 1.70. The monoisotopic (exact) mass is 499 g/mol. The molecule has 180 valence electrons. The maximum Gasteiger partial charge on any atom is 0.451 e. The molecule has 0 saturated heterocycles. The number of nitrogens with zero attached hydrogens (tertiary/aromatic N) is 2. The van der Waals surface area contributed by atoms with Crippen molar-refractivity contribution in [3.05, 3.63) is 53.6 Å². The first kappa shape index (κ1) is 24.9. The first-order valence-electron chi connectivity index (χ1n) is 9.45. The van der Waals surface area contributed by atoms with Gasteiger partial charge in [0.15, 0.2) is 0 Å². The third kappa shape index (κ3) is 5.25. The molecule has 1 aliphatic carbocycles. The normalized spacial score (nSPS) is 22.1. The Kier molecular flexibility index (Phi) is 6.43. The van der Waals surface area contributed by atoms with Crippen molar-refractivity contribution >= 4 is 15.7 Å². The highest BCUT2D eigenvalue weighted by molar-refractivity contribution is 7.92. The Bertz CT molecular complexity index is 1140. The molecule has 1 aliphatic rings. The van der Waals surface area contributed by atoms with Crippen LogP contribution in [0.3, 0.4) is 0 Å². The number of hydrogen-bond donors (Lipinski definition) is 1. The third-order valence-electron chi connectivity index (χ3n) is 5.16. The molecule has 6 nitrogen and oxygen atoms in total. The van der Waals surface area contributed by atoms with Crippen molar-refractivity contribution in [2.75, 3.05) is 0 Å². The van der Waals surface area contributed by atoms with Gasteiger partial charge in [-0.05, 0) is 49.9 Å². The Morgan fingerprint density at radius 3 is 2.24 bits per heavy atom. The van der Waals surface area contributed by atoms with E-state index in [9.17, 15) is 39.6 Å². The molecule has 0 aliphatic heterocycles. The summed E-state index contributed by atoms with van der Waals surface area (Å²) in [5, 5.41) is -0.499. The number of amides is 1. The Morgan fingerprint density at radius 1 is 1.03 bits per heavy atom. The summed E-state index contributed by atoms with van der Waals surface area (Å²) in [6.45, 7) is 0. The van der Waals surface area contributed by atoms with Crippen LogP contribution in [0.2, 0.25) is 0 Å². The highest BCUT2D eigenvalue weighted by Gasteiger charge is 2.48. The van der Waals surface area contributed by atoms with Gasteiger partial charge in [-0.1, -0.05) is 6.07 Å². The van der Waals surface area contributed by atoms with Crippen LogP contribution in [-0.4, -0.2) is 35.3 Å². The van der Waals surface area contributed by atoms with Crippen LogP contribution < -0.4 is 5.32 Å². The molecule has 0 atom stereocenters. The van der Waals surface area contributed by atoms with Crippen molar-refractivity contribution in [1.29, 1.82) is 0 Å². The van der Waals surface area contributed by atoms with E-state index in [0.29, 0.717) is 12.1 Å². The van der Waals surface area contributed by atoms with E-state index in [1.807, 2.05) is 0 Å². The Morgan fingerprint density at radius 2 is 1.67 bits per heavy atom. The van der Waals surface area contributed by atoms with E-state index in [2.05, 4.69) is 15.3 Å². The van der Waals surface area contributed by atoms with E-state index in [4.69, 9.17) is 0 Å². The van der Waals surface area contributed by atoms with Crippen molar-refractivity contribution in [3.63, 3.8) is 0 Å². The highest BCUT2D eigenvalue weighted by Crippen LogP contribution is 2.41. The lowest BCUT2D eigenvalue weighted by Crippen LogP contribution is -2.45. The second-order valence-corrected chi connectivity index (χ2v) is 9.63. The van der Waals surface area contributed by atoms with E-state index in [0.717, 1.165) is 24.4 Å². The molecule has 1 fully saturated rings. The summed E-state index contributed by atoms with van der Waals surface area (Å²) < 4.78 is 118. The second kappa shape index (κ2) is 8.54. The predicted molar refractivity (Wildman–Crippen MR) is 99.2 cm³/mol. The van der Waals surface area contributed by atoms with E-state index >= 15 is 4.39 Å². The number of alkyl halides is 7. The van der Waals surface area contributed by atoms with Crippen LogP contribution in [0.4, 0.5) is 30.7 Å². The molecule has 3 rings (SSSR count). The molecule has 33 heavy (non-hydrogen) atoms. The zero-order valence-electron chi connectivity index (χ0n) is 16.5. The fourth-order valence-electron chi connectivity index (χ4n) is 3.39. The van der Waals surface area contributed by atoms with Crippen molar-refractivity contribution in [3.8, 4) is 0 Å². The molecule has 1 amide bonds. The first-order valence-corrected chi connectivity index (χ1v) is 10.9. The van der Waals surface area contributed by atoms with Crippen LogP contribution in [0, 0.1) is 0 Å². The first-order chi connectivity index (χ1) is 15.1. The number of aromatic nitrogens is 2. The van der Waals surface area contributed by atoms with Gasteiger partial charge in [-0.25, -0.2) is 22.8 Å². The zero-order valence-corrected chi connectivity index (χ0v) is 17.4. The highest BCUT2D eigenvalue weighted by atomic mass is 32.2. The van der Waals surface area contributed by atoms with Crippen molar-refractivity contribution in [1.82, 2.24) is 15.3 Å². The van der Waals surface area contributed by atoms with Crippen molar-refractivity contribution in [2.24, 2.45) is 0 Å². The van der Waals surface area contributed by atoms with Crippen LogP contribution in [-0.2, 0) is 22.2 Å². The molecule has 1 heterocycles. The van der Waals surface area contributed by atoms with Crippen molar-refractivity contribution < 1.29 is 43.9 Å². The number of halogens is 7. The van der Waals surface area contributed by atoms with Gasteiger partial charge in [-0.15, -0.1) is 0 Å². The summed E-state index contributed by atoms with van der Waals surface area (Å²) in [5.41, 5.74) is -1.82. The molecule has 1 N–H and O–H groups in total. The largest absolute Gasteiger partial charge is 0.451 e. The predicted octanol–water partition coefficient (Wildman–Crippen LogP) is 4.33. The van der Waals surface area contributed by atoms with Gasteiger partial charge in [0, 0.05) is 12.2 Å². The molecule has 0 unspecified atom stereocenters. The van der Waals surface area contributed by atoms with E-state index in [1.165, 1.54) is 0 Å². The molecule has 2 aromatic rings. The summed E-state index contributed by atoms with van der Waals surface area (Å²) >= 11 is 0. The average molecular weight is 499 g/mol. The van der Waals surface area contributed by atoms with E-state index in [1.54, 1.807) is 0 Å². The SMILES string of the molecule is O=C(NC1CCC(F)(S(=O)(=O)c2cccc(C(F)(F)F)c2)CC1)c1ccnc(C(F)(F)F)n1. The van der Waals surface area contributed by atoms with Crippen LogP contribution in [0.1, 0.15) is 47.6 Å². The molecule has 0 radical (unpaired) electrons. The summed E-state index contributed by atoms with van der Waals surface area (Å²) in [6, 6.07) is 2.92. The van der Waals surface area contributed by atoms with Gasteiger partial charge in [0.25, 0.3) is 5.91 Å². The molecule has 1 saturated carbocycles. The van der Waals surface area contributed by atoms with Gasteiger partial charge in [-0.3, -0.25) is 4.79 Å². The van der Waals surface area contributed by atoms with Gasteiger partial charge in [-0.2, -0.15) is 26.3 Å². The molecule has 1 aromatic carbocycles. The Labute approximate surface area is 183 Å². The maximum absolute atomic E-state index is 15.4. The molecular formula is C19H16F7N3O3S. The van der Waals surface area contributed by atoms with Gasteiger partial charge in [0.1, 0.15) is 5.69 Å². The summed E-state index contributed by atoms with van der Waals surface area (Å²) in [5.74, 6) is -2.51. The van der Waals surface area contributed by atoms with Crippen LogP contribution in [0.25, 0.3) is 0 Å². The van der Waals surface area contributed by atoms with Crippen LogP contribution in [0.15, 0.2) is 41.4 Å².